The lowest BCUT2D eigenvalue weighted by Gasteiger charge is -2.45. The van der Waals surface area contributed by atoms with E-state index in [2.05, 4.69) is 21.3 Å². The van der Waals surface area contributed by atoms with Crippen LogP contribution in [0.5, 0.6) is 0 Å². The molecule has 0 atom stereocenters. The monoisotopic (exact) mass is 434 g/mol. The molecule has 166 valence electrons. The second kappa shape index (κ2) is 11.0. The molecule has 2 fully saturated rings. The fourth-order valence-corrected chi connectivity index (χ4v) is 5.19. The molecule has 6 nitrogen and oxygen atoms in total. The van der Waals surface area contributed by atoms with Crippen LogP contribution in [0.15, 0.2) is 18.2 Å². The van der Waals surface area contributed by atoms with Gasteiger partial charge in [-0.05, 0) is 48.8 Å². The molecule has 2 bridgehead atoms. The van der Waals surface area contributed by atoms with Gasteiger partial charge >= 0.3 is 0 Å². The molecule has 30 heavy (non-hydrogen) atoms. The first-order valence-corrected chi connectivity index (χ1v) is 11.6. The fourth-order valence-electron chi connectivity index (χ4n) is 4.99. The molecule has 4 N–H and O–H groups in total. The third-order valence-electron chi connectivity index (χ3n) is 6.50. The maximum Gasteiger partial charge on any atom is 0.252 e. The molecule has 2 saturated carbocycles. The van der Waals surface area contributed by atoms with Crippen LogP contribution in [-0.4, -0.2) is 44.5 Å². The van der Waals surface area contributed by atoms with E-state index in [9.17, 15) is 9.59 Å². The van der Waals surface area contributed by atoms with Crippen molar-refractivity contribution in [3.05, 3.63) is 28.8 Å². The zero-order chi connectivity index (χ0) is 21.4. The summed E-state index contributed by atoms with van der Waals surface area (Å²) in [6.45, 7) is 5.08. The van der Waals surface area contributed by atoms with E-state index in [0.29, 0.717) is 29.1 Å². The number of carbonyl (C=O) groups excluding carboxylic acids is 2. The highest BCUT2D eigenvalue weighted by Crippen LogP contribution is 2.48. The number of rotatable bonds is 10. The van der Waals surface area contributed by atoms with Gasteiger partial charge < -0.3 is 21.3 Å². The molecule has 0 unspecified atom stereocenters. The smallest absolute Gasteiger partial charge is 0.252 e. The van der Waals surface area contributed by atoms with E-state index in [4.69, 9.17) is 11.6 Å². The second-order valence-electron chi connectivity index (χ2n) is 8.89. The van der Waals surface area contributed by atoms with Crippen LogP contribution in [0, 0.1) is 11.3 Å². The molecule has 0 heterocycles. The molecule has 0 radical (unpaired) electrons. The predicted molar refractivity (Wildman–Crippen MR) is 122 cm³/mol. The maximum absolute atomic E-state index is 12.9. The Bertz CT molecular complexity index is 730. The summed E-state index contributed by atoms with van der Waals surface area (Å²) in [5.74, 6) is 0.750. The Morgan fingerprint density at radius 3 is 2.53 bits per heavy atom. The van der Waals surface area contributed by atoms with E-state index >= 15 is 0 Å². The summed E-state index contributed by atoms with van der Waals surface area (Å²) in [5, 5.41) is 13.0. The topological polar surface area (TPSA) is 82.3 Å². The van der Waals surface area contributed by atoms with Crippen molar-refractivity contribution in [3.8, 4) is 0 Å². The van der Waals surface area contributed by atoms with E-state index in [-0.39, 0.29) is 11.8 Å². The number of benzene rings is 1. The van der Waals surface area contributed by atoms with E-state index in [1.54, 1.807) is 6.07 Å². The Labute approximate surface area is 184 Å². The van der Waals surface area contributed by atoms with Crippen molar-refractivity contribution in [2.24, 2.45) is 11.3 Å². The average Bonchev–Trinajstić information content (AvgIpc) is 2.72. The quantitative estimate of drug-likeness (QED) is 0.424. The van der Waals surface area contributed by atoms with Gasteiger partial charge in [0.15, 0.2) is 0 Å². The third kappa shape index (κ3) is 6.61. The SMILES string of the molecule is CC(=O)NCCNCCNc1ccc(Cl)c(C(=O)NCC23CCCC(CCC2)C3)c1. The van der Waals surface area contributed by atoms with Crippen LogP contribution in [0.4, 0.5) is 5.69 Å². The first-order valence-electron chi connectivity index (χ1n) is 11.2. The van der Waals surface area contributed by atoms with E-state index in [1.165, 1.54) is 51.9 Å². The average molecular weight is 435 g/mol. The van der Waals surface area contributed by atoms with Gasteiger partial charge in [0.2, 0.25) is 5.91 Å². The fraction of sp³-hybridized carbons (Fsp3) is 0.652. The van der Waals surface area contributed by atoms with E-state index < -0.39 is 0 Å². The molecule has 2 amide bonds. The summed E-state index contributed by atoms with van der Waals surface area (Å²) in [7, 11) is 0. The number of anilines is 1. The maximum atomic E-state index is 12.9. The van der Waals surface area contributed by atoms with Crippen molar-refractivity contribution in [3.63, 3.8) is 0 Å². The minimum absolute atomic E-state index is 0.0201. The summed E-state index contributed by atoms with van der Waals surface area (Å²) in [6.07, 6.45) is 9.02. The van der Waals surface area contributed by atoms with Gasteiger partial charge in [0.05, 0.1) is 10.6 Å². The van der Waals surface area contributed by atoms with Crippen molar-refractivity contribution >= 4 is 29.1 Å². The van der Waals surface area contributed by atoms with Crippen LogP contribution in [0.1, 0.15) is 62.2 Å². The summed E-state index contributed by atoms with van der Waals surface area (Å²) < 4.78 is 0. The van der Waals surface area contributed by atoms with Crippen molar-refractivity contribution in [1.29, 1.82) is 0 Å². The number of fused-ring (bicyclic) bond motifs is 2. The summed E-state index contributed by atoms with van der Waals surface area (Å²) in [6, 6.07) is 5.50. The number of nitrogens with one attached hydrogen (secondary N) is 4. The lowest BCUT2D eigenvalue weighted by Crippen LogP contribution is -2.43. The van der Waals surface area contributed by atoms with Crippen molar-refractivity contribution in [2.75, 3.05) is 38.0 Å². The van der Waals surface area contributed by atoms with Gasteiger partial charge in [-0.2, -0.15) is 0 Å². The molecular weight excluding hydrogens is 400 g/mol. The highest BCUT2D eigenvalue weighted by Gasteiger charge is 2.39. The number of hydrogen-bond acceptors (Lipinski definition) is 4. The molecule has 3 rings (SSSR count). The summed E-state index contributed by atoms with van der Waals surface area (Å²) in [4.78, 5) is 23.7. The van der Waals surface area contributed by atoms with Gasteiger partial charge in [0.25, 0.3) is 5.91 Å². The highest BCUT2D eigenvalue weighted by atomic mass is 35.5. The molecule has 1 aromatic carbocycles. The molecule has 7 heteroatoms. The number of carbonyl (C=O) groups is 2. The molecular formula is C23H35ClN4O2. The minimum atomic E-state index is -0.0841. The normalized spacial score (nSPS) is 22.9. The Hall–Kier alpha value is -1.79. The van der Waals surface area contributed by atoms with E-state index in [0.717, 1.165) is 31.2 Å². The van der Waals surface area contributed by atoms with E-state index in [1.807, 2.05) is 12.1 Å². The van der Waals surface area contributed by atoms with Gasteiger partial charge in [0, 0.05) is 45.3 Å². The minimum Gasteiger partial charge on any atom is -0.384 e. The zero-order valence-corrected chi connectivity index (χ0v) is 18.7. The van der Waals surface area contributed by atoms with Crippen LogP contribution in [0.25, 0.3) is 0 Å². The molecule has 2 aliphatic rings. The largest absolute Gasteiger partial charge is 0.384 e. The second-order valence-corrected chi connectivity index (χ2v) is 9.30. The van der Waals surface area contributed by atoms with Gasteiger partial charge in [-0.3, -0.25) is 9.59 Å². The first kappa shape index (κ1) is 22.9. The number of amides is 2. The predicted octanol–water partition coefficient (Wildman–Crippen LogP) is 3.57. The molecule has 0 spiro atoms. The van der Waals surface area contributed by atoms with Crippen molar-refractivity contribution < 1.29 is 9.59 Å². The Balaban J connectivity index is 1.46. The molecule has 0 aliphatic heterocycles. The van der Waals surface area contributed by atoms with Crippen molar-refractivity contribution in [1.82, 2.24) is 16.0 Å². The summed E-state index contributed by atoms with van der Waals surface area (Å²) in [5.41, 5.74) is 1.70. The molecule has 0 saturated heterocycles. The van der Waals surface area contributed by atoms with Gasteiger partial charge in [-0.15, -0.1) is 0 Å². The van der Waals surface area contributed by atoms with Crippen LogP contribution in [0.3, 0.4) is 0 Å². The van der Waals surface area contributed by atoms with Gasteiger partial charge in [0.1, 0.15) is 0 Å². The standard InChI is InChI=1S/C23H35ClN4O2/c1-17(29)26-12-10-25-11-13-27-19-6-7-21(24)20(14-19)22(30)28-16-23-8-2-4-18(15-23)5-3-9-23/h6-7,14,18,25,27H,2-5,8-13,15-16H2,1H3,(H,26,29)(H,28,30). The molecule has 1 aromatic rings. The zero-order valence-electron chi connectivity index (χ0n) is 18.0. The van der Waals surface area contributed by atoms with Crippen LogP contribution in [-0.2, 0) is 4.79 Å². The van der Waals surface area contributed by atoms with Gasteiger partial charge in [-0.1, -0.05) is 37.3 Å². The number of hydrogen-bond donors (Lipinski definition) is 4. The van der Waals surface area contributed by atoms with Crippen LogP contribution >= 0.6 is 11.6 Å². The molecule has 2 aliphatic carbocycles. The Kier molecular flexibility index (Phi) is 8.40. The lowest BCUT2D eigenvalue weighted by atomic mass is 9.62. The number of halogens is 1. The molecule has 0 aromatic heterocycles. The van der Waals surface area contributed by atoms with Crippen LogP contribution in [0.2, 0.25) is 5.02 Å². The highest BCUT2D eigenvalue weighted by molar-refractivity contribution is 6.34. The Morgan fingerprint density at radius 2 is 1.80 bits per heavy atom. The third-order valence-corrected chi connectivity index (χ3v) is 6.83. The van der Waals surface area contributed by atoms with Gasteiger partial charge in [-0.25, -0.2) is 0 Å². The first-order chi connectivity index (χ1) is 14.5. The lowest BCUT2D eigenvalue weighted by molar-refractivity contribution is -0.118. The van der Waals surface area contributed by atoms with Crippen LogP contribution < -0.4 is 21.3 Å². The van der Waals surface area contributed by atoms with Crippen molar-refractivity contribution in [2.45, 2.75) is 51.9 Å². The summed E-state index contributed by atoms with van der Waals surface area (Å²) >= 11 is 6.32. The Morgan fingerprint density at radius 1 is 1.07 bits per heavy atom.